The van der Waals surface area contributed by atoms with E-state index in [4.69, 9.17) is 0 Å². The minimum Gasteiger partial charge on any atom is -0.335 e. The molecule has 3 aliphatic rings. The summed E-state index contributed by atoms with van der Waals surface area (Å²) in [6, 6.07) is 4.74. The molecule has 180 valence electrons. The summed E-state index contributed by atoms with van der Waals surface area (Å²) in [5.41, 5.74) is 1.14. The Bertz CT molecular complexity index is 975. The number of likely N-dealkylation sites (tertiary alicyclic amines) is 2. The molecule has 2 aliphatic heterocycles. The third-order valence-corrected chi connectivity index (χ3v) is 8.42. The van der Waals surface area contributed by atoms with Gasteiger partial charge in [-0.25, -0.2) is 18.0 Å². The second-order valence-corrected chi connectivity index (χ2v) is 10.8. The van der Waals surface area contributed by atoms with Crippen molar-refractivity contribution in [2.45, 2.75) is 62.8 Å². The van der Waals surface area contributed by atoms with Crippen LogP contribution in [0.3, 0.4) is 0 Å². The molecule has 0 atom stereocenters. The largest absolute Gasteiger partial charge is 0.335 e. The molecule has 5 nitrogen and oxygen atoms in total. The van der Waals surface area contributed by atoms with E-state index in [0.29, 0.717) is 11.8 Å². The van der Waals surface area contributed by atoms with E-state index < -0.39 is 19.0 Å². The van der Waals surface area contributed by atoms with Gasteiger partial charge in [0, 0.05) is 17.3 Å². The van der Waals surface area contributed by atoms with E-state index in [0.717, 1.165) is 73.9 Å². The van der Waals surface area contributed by atoms with Gasteiger partial charge >= 0.3 is 6.03 Å². The number of piperidine rings is 1. The smallest absolute Gasteiger partial charge is 0.318 e. The molecule has 2 aromatic rings. The van der Waals surface area contributed by atoms with Gasteiger partial charge in [-0.2, -0.15) is 4.37 Å². The summed E-state index contributed by atoms with van der Waals surface area (Å²) in [5.74, 6) is -1.80. The van der Waals surface area contributed by atoms with Gasteiger partial charge in [-0.1, -0.05) is 0 Å². The highest BCUT2D eigenvalue weighted by atomic mass is 32.1. The van der Waals surface area contributed by atoms with Crippen LogP contribution in [0.2, 0.25) is 0 Å². The summed E-state index contributed by atoms with van der Waals surface area (Å²) in [5, 5.41) is 4.04. The van der Waals surface area contributed by atoms with Crippen LogP contribution in [0.4, 0.5) is 18.0 Å². The lowest BCUT2D eigenvalue weighted by molar-refractivity contribution is -0.110. The van der Waals surface area contributed by atoms with Crippen LogP contribution < -0.4 is 5.32 Å². The van der Waals surface area contributed by atoms with Crippen molar-refractivity contribution in [1.82, 2.24) is 19.5 Å². The predicted molar refractivity (Wildman–Crippen MR) is 123 cm³/mol. The zero-order valence-electron chi connectivity index (χ0n) is 18.7. The fourth-order valence-corrected chi connectivity index (χ4v) is 6.42. The Balaban J connectivity index is 1.01. The maximum Gasteiger partial charge on any atom is 0.318 e. The lowest BCUT2D eigenvalue weighted by Crippen LogP contribution is -2.62. The number of hydrogen-bond donors (Lipinski definition) is 1. The number of halogens is 3. The first-order valence-electron chi connectivity index (χ1n) is 12.1. The summed E-state index contributed by atoms with van der Waals surface area (Å²) < 4.78 is 44.9. The van der Waals surface area contributed by atoms with E-state index in [-0.39, 0.29) is 17.9 Å². The molecule has 0 unspecified atom stereocenters. The molecule has 1 saturated carbocycles. The fourth-order valence-electron chi connectivity index (χ4n) is 5.54. The SMILES string of the molecule is O=C(NC1CCC(CCN2CCC(c3nsc4cc(F)ccc34)CC2)CC1)N1CC(F)(F)C1. The molecular weight excluding hydrogens is 449 g/mol. The first-order valence-corrected chi connectivity index (χ1v) is 12.8. The Labute approximate surface area is 196 Å². The van der Waals surface area contributed by atoms with Crippen molar-refractivity contribution in [2.24, 2.45) is 5.92 Å². The Morgan fingerprint density at radius 1 is 1.12 bits per heavy atom. The summed E-state index contributed by atoms with van der Waals surface area (Å²) in [4.78, 5) is 15.8. The number of alkyl halides is 2. The average molecular weight is 481 g/mol. The maximum atomic E-state index is 13.5. The van der Waals surface area contributed by atoms with Crippen molar-refractivity contribution < 1.29 is 18.0 Å². The highest BCUT2D eigenvalue weighted by Crippen LogP contribution is 2.35. The molecule has 2 saturated heterocycles. The normalized spacial score (nSPS) is 26.3. The number of fused-ring (bicyclic) bond motifs is 1. The summed E-state index contributed by atoms with van der Waals surface area (Å²) >= 11 is 1.40. The molecule has 33 heavy (non-hydrogen) atoms. The second-order valence-electron chi connectivity index (χ2n) is 9.99. The van der Waals surface area contributed by atoms with Crippen molar-refractivity contribution >= 4 is 27.6 Å². The number of nitrogens with one attached hydrogen (secondary N) is 1. The van der Waals surface area contributed by atoms with Gasteiger partial charge in [-0.3, -0.25) is 0 Å². The van der Waals surface area contributed by atoms with Gasteiger partial charge in [0.25, 0.3) is 5.92 Å². The van der Waals surface area contributed by atoms with Gasteiger partial charge in [-0.15, -0.1) is 0 Å². The molecular formula is C24H31F3N4OS. The minimum atomic E-state index is -2.71. The number of carbonyl (C=O) groups is 1. The third kappa shape index (κ3) is 5.29. The predicted octanol–water partition coefficient (Wildman–Crippen LogP) is 5.22. The monoisotopic (exact) mass is 480 g/mol. The highest BCUT2D eigenvalue weighted by molar-refractivity contribution is 7.13. The van der Waals surface area contributed by atoms with Crippen LogP contribution in [0.15, 0.2) is 18.2 Å². The van der Waals surface area contributed by atoms with E-state index in [2.05, 4.69) is 14.6 Å². The Kier molecular flexibility index (Phi) is 6.53. The summed E-state index contributed by atoms with van der Waals surface area (Å²) in [6.45, 7) is 2.32. The van der Waals surface area contributed by atoms with E-state index in [1.807, 2.05) is 6.07 Å². The zero-order valence-corrected chi connectivity index (χ0v) is 19.6. The van der Waals surface area contributed by atoms with Gasteiger partial charge in [-0.05, 0) is 100 Å². The molecule has 1 aromatic carbocycles. The average Bonchev–Trinajstić information content (AvgIpc) is 3.20. The van der Waals surface area contributed by atoms with Crippen LogP contribution in [0, 0.1) is 11.7 Å². The van der Waals surface area contributed by atoms with Gasteiger partial charge < -0.3 is 15.1 Å². The van der Waals surface area contributed by atoms with Crippen LogP contribution in [0.25, 0.3) is 10.1 Å². The third-order valence-electron chi connectivity index (χ3n) is 7.60. The number of rotatable bonds is 5. The van der Waals surface area contributed by atoms with Crippen molar-refractivity contribution in [3.05, 3.63) is 29.7 Å². The number of amides is 2. The molecule has 0 bridgehead atoms. The van der Waals surface area contributed by atoms with Gasteiger partial charge in [0.15, 0.2) is 0 Å². The molecule has 5 rings (SSSR count). The maximum absolute atomic E-state index is 13.5. The molecule has 0 radical (unpaired) electrons. The Morgan fingerprint density at radius 3 is 2.55 bits per heavy atom. The van der Waals surface area contributed by atoms with Gasteiger partial charge in [0.2, 0.25) is 0 Å². The molecule has 1 aliphatic carbocycles. The Hall–Kier alpha value is -1.87. The number of aromatic nitrogens is 1. The van der Waals surface area contributed by atoms with E-state index >= 15 is 0 Å². The van der Waals surface area contributed by atoms with Gasteiger partial charge in [0.1, 0.15) is 5.82 Å². The standard InChI is InChI=1S/C24H31F3N4OS/c25-18-3-6-20-21(13-18)33-29-22(20)17-8-11-30(12-9-17)10-7-16-1-4-19(5-2-16)28-23(32)31-14-24(26,27)15-31/h3,6,13,16-17,19H,1-2,4-5,7-12,14-15H2,(H,28,32). The van der Waals surface area contributed by atoms with Crippen LogP contribution in [0.1, 0.15) is 56.6 Å². The summed E-state index contributed by atoms with van der Waals surface area (Å²) in [6.07, 6.45) is 7.37. The van der Waals surface area contributed by atoms with Crippen LogP contribution in [-0.2, 0) is 0 Å². The lowest BCUT2D eigenvalue weighted by Gasteiger charge is -2.40. The minimum absolute atomic E-state index is 0.111. The van der Waals surface area contributed by atoms with E-state index in [1.165, 1.54) is 28.9 Å². The number of urea groups is 1. The van der Waals surface area contributed by atoms with Crippen molar-refractivity contribution in [3.8, 4) is 0 Å². The highest BCUT2D eigenvalue weighted by Gasteiger charge is 2.46. The van der Waals surface area contributed by atoms with Gasteiger partial charge in [0.05, 0.1) is 23.5 Å². The molecule has 0 spiro atoms. The number of carbonyl (C=O) groups excluding carboxylic acids is 1. The molecule has 1 aromatic heterocycles. The molecule has 2 amide bonds. The number of hydrogen-bond acceptors (Lipinski definition) is 4. The summed E-state index contributed by atoms with van der Waals surface area (Å²) in [7, 11) is 0. The quantitative estimate of drug-likeness (QED) is 0.638. The topological polar surface area (TPSA) is 48.5 Å². The van der Waals surface area contributed by atoms with Crippen LogP contribution in [0.5, 0.6) is 0 Å². The number of benzene rings is 1. The lowest BCUT2D eigenvalue weighted by atomic mass is 9.83. The van der Waals surface area contributed by atoms with Crippen molar-refractivity contribution in [1.29, 1.82) is 0 Å². The first-order chi connectivity index (χ1) is 15.9. The zero-order chi connectivity index (χ0) is 23.0. The van der Waals surface area contributed by atoms with Crippen molar-refractivity contribution in [3.63, 3.8) is 0 Å². The second kappa shape index (κ2) is 9.41. The van der Waals surface area contributed by atoms with Crippen LogP contribution >= 0.6 is 11.5 Å². The molecule has 3 fully saturated rings. The first kappa shape index (κ1) is 22.9. The fraction of sp³-hybridized carbons (Fsp3) is 0.667. The van der Waals surface area contributed by atoms with E-state index in [9.17, 15) is 18.0 Å². The molecule has 1 N–H and O–H groups in total. The molecule has 3 heterocycles. The molecule has 9 heteroatoms. The van der Waals surface area contributed by atoms with Crippen LogP contribution in [-0.4, -0.2) is 64.9 Å². The Morgan fingerprint density at radius 2 is 1.85 bits per heavy atom. The van der Waals surface area contributed by atoms with E-state index in [1.54, 1.807) is 6.07 Å². The van der Waals surface area contributed by atoms with Crippen molar-refractivity contribution in [2.75, 3.05) is 32.7 Å². The number of nitrogens with zero attached hydrogens (tertiary/aromatic N) is 3.